The molecule has 0 spiro atoms. The van der Waals surface area contributed by atoms with Gasteiger partial charge in [0.2, 0.25) is 10.0 Å². The van der Waals surface area contributed by atoms with Gasteiger partial charge in [0.1, 0.15) is 4.90 Å². The van der Waals surface area contributed by atoms with Crippen LogP contribution in [0.3, 0.4) is 0 Å². The van der Waals surface area contributed by atoms with Crippen LogP contribution in [-0.2, 0) is 24.6 Å². The zero-order valence-corrected chi connectivity index (χ0v) is 14.7. The highest BCUT2D eigenvalue weighted by Gasteiger charge is 2.34. The number of ether oxygens (including phenoxy) is 1. The molecular weight excluding hydrogens is 342 g/mol. The van der Waals surface area contributed by atoms with E-state index in [1.54, 1.807) is 7.11 Å². The lowest BCUT2D eigenvalue weighted by Crippen LogP contribution is -2.52. The van der Waals surface area contributed by atoms with Crippen molar-refractivity contribution in [1.82, 2.24) is 15.0 Å². The first kappa shape index (κ1) is 18.3. The summed E-state index contributed by atoms with van der Waals surface area (Å²) in [5.74, 6) is 0. The Labute approximate surface area is 136 Å². The van der Waals surface area contributed by atoms with Crippen molar-refractivity contribution in [2.45, 2.75) is 28.3 Å². The molecule has 2 N–H and O–H groups in total. The summed E-state index contributed by atoms with van der Waals surface area (Å²) in [6.07, 6.45) is 3.83. The second kappa shape index (κ2) is 6.81. The lowest BCUT2D eigenvalue weighted by Gasteiger charge is -2.28. The van der Waals surface area contributed by atoms with Gasteiger partial charge in [-0.1, -0.05) is 0 Å². The zero-order chi connectivity index (χ0) is 17.1. The minimum absolute atomic E-state index is 0.0736. The Morgan fingerprint density at radius 1 is 1.35 bits per heavy atom. The van der Waals surface area contributed by atoms with Gasteiger partial charge in [0.15, 0.2) is 14.9 Å². The van der Waals surface area contributed by atoms with Gasteiger partial charge in [-0.25, -0.2) is 26.5 Å². The van der Waals surface area contributed by atoms with Crippen molar-refractivity contribution in [3.05, 3.63) is 18.3 Å². The van der Waals surface area contributed by atoms with Gasteiger partial charge in [-0.2, -0.15) is 0 Å². The summed E-state index contributed by atoms with van der Waals surface area (Å²) in [4.78, 5) is 3.63. The molecule has 1 aliphatic rings. The summed E-state index contributed by atoms with van der Waals surface area (Å²) < 4.78 is 55.1. The molecule has 1 aliphatic heterocycles. The van der Waals surface area contributed by atoms with Crippen LogP contribution < -0.4 is 10.0 Å². The van der Waals surface area contributed by atoms with Gasteiger partial charge in [0.05, 0.1) is 12.1 Å². The third-order valence-corrected chi connectivity index (χ3v) is 6.14. The molecule has 0 radical (unpaired) electrons. The van der Waals surface area contributed by atoms with Crippen LogP contribution in [0.2, 0.25) is 0 Å². The Hall–Kier alpha value is -1.07. The average molecular weight is 363 g/mol. The molecule has 0 aliphatic carbocycles. The number of pyridine rings is 1. The minimum Gasteiger partial charge on any atom is -0.383 e. The minimum atomic E-state index is -3.77. The number of nitrogens with one attached hydrogen (secondary N) is 2. The lowest BCUT2D eigenvalue weighted by atomic mass is 9.99. The summed E-state index contributed by atoms with van der Waals surface area (Å²) in [6, 6.07) is 2.42. The van der Waals surface area contributed by atoms with E-state index in [1.807, 2.05) is 0 Å². The lowest BCUT2D eigenvalue weighted by molar-refractivity contribution is 0.122. The van der Waals surface area contributed by atoms with Crippen molar-refractivity contribution in [2.24, 2.45) is 0 Å². The van der Waals surface area contributed by atoms with Crippen molar-refractivity contribution in [3.63, 3.8) is 0 Å². The molecule has 1 fully saturated rings. The Morgan fingerprint density at radius 3 is 2.57 bits per heavy atom. The quantitative estimate of drug-likeness (QED) is 0.673. The first-order chi connectivity index (χ1) is 10.7. The zero-order valence-electron chi connectivity index (χ0n) is 13.1. The normalized spacial score (nSPS) is 22.3. The first-order valence-electron chi connectivity index (χ1n) is 7.08. The molecule has 1 unspecified atom stereocenters. The Kier molecular flexibility index (Phi) is 5.41. The predicted octanol–water partition coefficient (Wildman–Crippen LogP) is -0.468. The van der Waals surface area contributed by atoms with Gasteiger partial charge >= 0.3 is 0 Å². The summed E-state index contributed by atoms with van der Waals surface area (Å²) in [5, 5.41) is 3.11. The molecule has 1 saturated heterocycles. The number of nitrogens with zero attached hydrogens (tertiary/aromatic N) is 1. The van der Waals surface area contributed by atoms with E-state index in [1.165, 1.54) is 12.1 Å². The number of hydrogen-bond donors (Lipinski definition) is 2. The Bertz CT molecular complexity index is 738. The second-order valence-corrected chi connectivity index (χ2v) is 9.40. The summed E-state index contributed by atoms with van der Waals surface area (Å²) in [6.45, 7) is 1.41. The first-order valence-corrected chi connectivity index (χ1v) is 10.5. The molecule has 0 aromatic carbocycles. The second-order valence-electron chi connectivity index (χ2n) is 5.67. The number of rotatable bonds is 7. The van der Waals surface area contributed by atoms with E-state index in [0.717, 1.165) is 31.8 Å². The standard InChI is InChI=1S/C13H21N3O5S2/c1-21-10-13(6-3-7-15-13)9-16-23(19,20)11-4-5-12(14-8-11)22(2,17)18/h4-5,8,15-16H,3,6-7,9-10H2,1-2H3. The van der Waals surface area contributed by atoms with Crippen molar-refractivity contribution in [2.75, 3.05) is 33.1 Å². The predicted molar refractivity (Wildman–Crippen MR) is 84.4 cm³/mol. The van der Waals surface area contributed by atoms with Crippen LogP contribution in [0.1, 0.15) is 12.8 Å². The SMILES string of the molecule is COCC1(CNS(=O)(=O)c2ccc(S(C)(=O)=O)nc2)CCCN1. The number of methoxy groups -OCH3 is 1. The maximum Gasteiger partial charge on any atom is 0.242 e. The molecule has 0 bridgehead atoms. The van der Waals surface area contributed by atoms with Crippen molar-refractivity contribution in [3.8, 4) is 0 Å². The molecule has 2 heterocycles. The van der Waals surface area contributed by atoms with Crippen LogP contribution in [0.5, 0.6) is 0 Å². The molecule has 8 nitrogen and oxygen atoms in total. The fraction of sp³-hybridized carbons (Fsp3) is 0.615. The molecule has 1 atom stereocenters. The van der Waals surface area contributed by atoms with Crippen molar-refractivity contribution >= 4 is 19.9 Å². The largest absolute Gasteiger partial charge is 0.383 e. The van der Waals surface area contributed by atoms with E-state index in [-0.39, 0.29) is 16.5 Å². The van der Waals surface area contributed by atoms with Gasteiger partial charge in [-0.3, -0.25) is 0 Å². The van der Waals surface area contributed by atoms with E-state index >= 15 is 0 Å². The van der Waals surface area contributed by atoms with Gasteiger partial charge in [-0.15, -0.1) is 0 Å². The topological polar surface area (TPSA) is 114 Å². The van der Waals surface area contributed by atoms with Crippen LogP contribution in [0.25, 0.3) is 0 Å². The maximum absolute atomic E-state index is 12.3. The van der Waals surface area contributed by atoms with Crippen LogP contribution in [0.15, 0.2) is 28.3 Å². The third kappa shape index (κ3) is 4.48. The molecule has 0 amide bonds. The number of sulfone groups is 1. The van der Waals surface area contributed by atoms with E-state index in [0.29, 0.717) is 6.61 Å². The Balaban J connectivity index is 2.12. The van der Waals surface area contributed by atoms with E-state index in [4.69, 9.17) is 4.74 Å². The molecule has 2 rings (SSSR count). The molecule has 130 valence electrons. The summed E-state index contributed by atoms with van der Waals surface area (Å²) in [5.41, 5.74) is -0.415. The number of aromatic nitrogens is 1. The summed E-state index contributed by atoms with van der Waals surface area (Å²) in [7, 11) is -5.66. The average Bonchev–Trinajstić information content (AvgIpc) is 2.94. The van der Waals surface area contributed by atoms with Gasteiger partial charge in [0, 0.05) is 26.1 Å². The van der Waals surface area contributed by atoms with Crippen molar-refractivity contribution < 1.29 is 21.6 Å². The molecule has 1 aromatic rings. The van der Waals surface area contributed by atoms with Gasteiger partial charge in [0.25, 0.3) is 0 Å². The molecule has 10 heteroatoms. The molecule has 1 aromatic heterocycles. The smallest absolute Gasteiger partial charge is 0.242 e. The van der Waals surface area contributed by atoms with Crippen LogP contribution >= 0.6 is 0 Å². The fourth-order valence-electron chi connectivity index (χ4n) is 2.53. The van der Waals surface area contributed by atoms with E-state index < -0.39 is 25.4 Å². The maximum atomic E-state index is 12.3. The monoisotopic (exact) mass is 363 g/mol. The molecule has 0 saturated carbocycles. The Morgan fingerprint density at radius 2 is 2.09 bits per heavy atom. The van der Waals surface area contributed by atoms with E-state index in [2.05, 4.69) is 15.0 Å². The fourth-order valence-corrected chi connectivity index (χ4v) is 4.16. The van der Waals surface area contributed by atoms with E-state index in [9.17, 15) is 16.8 Å². The molecule has 23 heavy (non-hydrogen) atoms. The van der Waals surface area contributed by atoms with Crippen LogP contribution in [-0.4, -0.2) is 60.4 Å². The third-order valence-electron chi connectivity index (χ3n) is 3.75. The van der Waals surface area contributed by atoms with Crippen LogP contribution in [0.4, 0.5) is 0 Å². The summed E-state index contributed by atoms with van der Waals surface area (Å²) >= 11 is 0. The highest BCUT2D eigenvalue weighted by molar-refractivity contribution is 7.90. The highest BCUT2D eigenvalue weighted by Crippen LogP contribution is 2.20. The molecular formula is C13H21N3O5S2. The highest BCUT2D eigenvalue weighted by atomic mass is 32.2. The number of sulfonamides is 1. The van der Waals surface area contributed by atoms with Gasteiger partial charge in [-0.05, 0) is 31.5 Å². The van der Waals surface area contributed by atoms with Crippen molar-refractivity contribution in [1.29, 1.82) is 0 Å². The number of hydrogen-bond acceptors (Lipinski definition) is 7. The van der Waals surface area contributed by atoms with Crippen LogP contribution in [0, 0.1) is 0 Å². The van der Waals surface area contributed by atoms with Gasteiger partial charge < -0.3 is 10.1 Å².